The zero-order valence-electron chi connectivity index (χ0n) is 9.70. The monoisotopic (exact) mass is 242 g/mol. The van der Waals surface area contributed by atoms with Crippen molar-refractivity contribution in [2.75, 3.05) is 0 Å². The van der Waals surface area contributed by atoms with E-state index >= 15 is 0 Å². The van der Waals surface area contributed by atoms with Crippen LogP contribution in [0.25, 0.3) is 0 Å². The Labute approximate surface area is 103 Å². The van der Waals surface area contributed by atoms with Crippen molar-refractivity contribution in [3.63, 3.8) is 0 Å². The van der Waals surface area contributed by atoms with Crippen LogP contribution in [0.3, 0.4) is 0 Å². The van der Waals surface area contributed by atoms with Crippen LogP contribution in [0.1, 0.15) is 33.6 Å². The highest BCUT2D eigenvalue weighted by Gasteiger charge is 2.11. The molecule has 0 radical (unpaired) electrons. The first kappa shape index (κ1) is 12.0. The lowest BCUT2D eigenvalue weighted by Crippen LogP contribution is -2.09. The predicted octanol–water partition coefficient (Wildman–Crippen LogP) is 0.895. The topological polar surface area (TPSA) is 85.7 Å². The molecule has 0 fully saturated rings. The van der Waals surface area contributed by atoms with Crippen molar-refractivity contribution in [2.24, 2.45) is 0 Å². The highest BCUT2D eigenvalue weighted by molar-refractivity contribution is 5.95. The highest BCUT2D eigenvalue weighted by atomic mass is 16.1. The van der Waals surface area contributed by atoms with Crippen LogP contribution in [0.2, 0.25) is 0 Å². The van der Waals surface area contributed by atoms with E-state index in [1.165, 1.54) is 37.9 Å². The van der Waals surface area contributed by atoms with Gasteiger partial charge in [0.15, 0.2) is 11.6 Å². The highest BCUT2D eigenvalue weighted by Crippen LogP contribution is 2.03. The molecule has 0 aliphatic carbocycles. The van der Waals surface area contributed by atoms with E-state index in [2.05, 4.69) is 19.9 Å². The van der Waals surface area contributed by atoms with Crippen LogP contribution in [0, 0.1) is 0 Å². The number of hydrogen-bond acceptors (Lipinski definition) is 6. The van der Waals surface area contributed by atoms with Gasteiger partial charge in [0.25, 0.3) is 0 Å². The van der Waals surface area contributed by atoms with Crippen LogP contribution in [0.15, 0.2) is 31.0 Å². The van der Waals surface area contributed by atoms with E-state index in [9.17, 15) is 9.59 Å². The Kier molecular flexibility index (Phi) is 3.47. The number of nitrogens with zero attached hydrogens (tertiary/aromatic N) is 4. The lowest BCUT2D eigenvalue weighted by atomic mass is 10.1. The predicted molar refractivity (Wildman–Crippen MR) is 62.1 cm³/mol. The van der Waals surface area contributed by atoms with Gasteiger partial charge in [-0.25, -0.2) is 15.0 Å². The van der Waals surface area contributed by atoms with Crippen molar-refractivity contribution < 1.29 is 9.59 Å². The van der Waals surface area contributed by atoms with Gasteiger partial charge in [-0.3, -0.25) is 14.6 Å². The maximum Gasteiger partial charge on any atom is 0.187 e. The largest absolute Gasteiger partial charge is 0.293 e. The van der Waals surface area contributed by atoms with E-state index in [4.69, 9.17) is 0 Å². The molecular formula is C12H10N4O2. The zero-order valence-corrected chi connectivity index (χ0v) is 9.70. The third kappa shape index (κ3) is 2.79. The lowest BCUT2D eigenvalue weighted by Gasteiger charge is -2.01. The summed E-state index contributed by atoms with van der Waals surface area (Å²) >= 11 is 0. The minimum absolute atomic E-state index is 0.0606. The van der Waals surface area contributed by atoms with Crippen LogP contribution in [-0.2, 0) is 6.42 Å². The summed E-state index contributed by atoms with van der Waals surface area (Å²) in [5, 5.41) is 0. The molecule has 2 heterocycles. The summed E-state index contributed by atoms with van der Waals surface area (Å²) in [5.74, 6) is -0.369. The summed E-state index contributed by atoms with van der Waals surface area (Å²) < 4.78 is 0. The van der Waals surface area contributed by atoms with Gasteiger partial charge in [0.2, 0.25) is 0 Å². The van der Waals surface area contributed by atoms with Gasteiger partial charge < -0.3 is 0 Å². The second-order valence-electron chi connectivity index (χ2n) is 3.65. The maximum absolute atomic E-state index is 11.9. The third-order valence-corrected chi connectivity index (χ3v) is 2.25. The van der Waals surface area contributed by atoms with Gasteiger partial charge in [-0.05, 0) is 6.07 Å². The van der Waals surface area contributed by atoms with E-state index < -0.39 is 0 Å². The molecule has 0 spiro atoms. The number of Topliss-reactive ketones (excluding diaryl/α,β-unsaturated/α-hetero) is 2. The Bertz CT molecular complexity index is 584. The zero-order chi connectivity index (χ0) is 13.0. The normalized spacial score (nSPS) is 10.1. The number of rotatable bonds is 4. The molecule has 0 aromatic carbocycles. The molecule has 0 N–H and O–H groups in total. The Balaban J connectivity index is 2.17. The van der Waals surface area contributed by atoms with Crippen molar-refractivity contribution >= 4 is 11.6 Å². The molecule has 0 bridgehead atoms. The summed E-state index contributed by atoms with van der Waals surface area (Å²) in [6.45, 7) is 1.40. The number of carbonyl (C=O) groups is 2. The average Bonchev–Trinajstić information content (AvgIpc) is 2.40. The minimum atomic E-state index is -0.188. The summed E-state index contributed by atoms with van der Waals surface area (Å²) in [7, 11) is 0. The van der Waals surface area contributed by atoms with Crippen LogP contribution in [-0.4, -0.2) is 31.5 Å². The van der Waals surface area contributed by atoms with Gasteiger partial charge in [-0.15, -0.1) is 0 Å². The molecule has 0 aliphatic heterocycles. The molecule has 90 valence electrons. The molecule has 2 aromatic rings. The first-order chi connectivity index (χ1) is 8.66. The van der Waals surface area contributed by atoms with Gasteiger partial charge in [0.05, 0.1) is 18.3 Å². The molecule has 6 nitrogen and oxygen atoms in total. The van der Waals surface area contributed by atoms with Crippen LogP contribution >= 0.6 is 0 Å². The Hall–Kier alpha value is -2.50. The molecule has 0 amide bonds. The number of hydrogen-bond donors (Lipinski definition) is 0. The fourth-order valence-electron chi connectivity index (χ4n) is 1.37. The SMILES string of the molecule is CC(=O)c1cncc(CC(=O)c2ccncn2)n1. The van der Waals surface area contributed by atoms with Gasteiger partial charge in [0, 0.05) is 19.3 Å². The molecule has 0 saturated carbocycles. The van der Waals surface area contributed by atoms with E-state index in [0.717, 1.165) is 0 Å². The van der Waals surface area contributed by atoms with Crippen LogP contribution in [0.4, 0.5) is 0 Å². The fraction of sp³-hybridized carbons (Fsp3) is 0.167. The van der Waals surface area contributed by atoms with Gasteiger partial charge >= 0.3 is 0 Å². The maximum atomic E-state index is 11.9. The van der Waals surface area contributed by atoms with Gasteiger partial charge in [-0.2, -0.15) is 0 Å². The van der Waals surface area contributed by atoms with Crippen LogP contribution < -0.4 is 0 Å². The Morgan fingerprint density at radius 1 is 1.17 bits per heavy atom. The van der Waals surface area contributed by atoms with Crippen molar-refractivity contribution in [3.05, 3.63) is 48.1 Å². The van der Waals surface area contributed by atoms with Gasteiger partial charge in [0.1, 0.15) is 17.7 Å². The second-order valence-corrected chi connectivity index (χ2v) is 3.65. The number of carbonyl (C=O) groups excluding carboxylic acids is 2. The number of aromatic nitrogens is 4. The molecule has 0 unspecified atom stereocenters. The molecule has 2 aromatic heterocycles. The Morgan fingerprint density at radius 2 is 2.00 bits per heavy atom. The van der Waals surface area contributed by atoms with E-state index in [0.29, 0.717) is 11.4 Å². The lowest BCUT2D eigenvalue weighted by molar-refractivity contribution is 0.0980. The fourth-order valence-corrected chi connectivity index (χ4v) is 1.37. The minimum Gasteiger partial charge on any atom is -0.293 e. The van der Waals surface area contributed by atoms with E-state index in [-0.39, 0.29) is 23.7 Å². The summed E-state index contributed by atoms with van der Waals surface area (Å²) in [5.41, 5.74) is 1.02. The molecule has 0 aliphatic rings. The Morgan fingerprint density at radius 3 is 2.67 bits per heavy atom. The first-order valence-corrected chi connectivity index (χ1v) is 5.28. The van der Waals surface area contributed by atoms with E-state index in [1.807, 2.05) is 0 Å². The van der Waals surface area contributed by atoms with Crippen molar-refractivity contribution in [3.8, 4) is 0 Å². The molecule has 18 heavy (non-hydrogen) atoms. The summed E-state index contributed by atoms with van der Waals surface area (Å²) in [4.78, 5) is 38.5. The van der Waals surface area contributed by atoms with Crippen LogP contribution in [0.5, 0.6) is 0 Å². The van der Waals surface area contributed by atoms with Gasteiger partial charge in [-0.1, -0.05) is 0 Å². The number of ketones is 2. The molecule has 2 rings (SSSR count). The average molecular weight is 242 g/mol. The smallest absolute Gasteiger partial charge is 0.187 e. The molecule has 0 saturated heterocycles. The van der Waals surface area contributed by atoms with Crippen molar-refractivity contribution in [2.45, 2.75) is 13.3 Å². The molecular weight excluding hydrogens is 232 g/mol. The molecule has 6 heteroatoms. The third-order valence-electron chi connectivity index (χ3n) is 2.25. The standard InChI is InChI=1S/C12H10N4O2/c1-8(17)11-6-14-5-9(16-11)4-12(18)10-2-3-13-7-15-10/h2-3,5-7H,4H2,1H3. The molecule has 0 atom stereocenters. The summed E-state index contributed by atoms with van der Waals surface area (Å²) in [6, 6.07) is 1.53. The van der Waals surface area contributed by atoms with Crippen molar-refractivity contribution in [1.82, 2.24) is 19.9 Å². The summed E-state index contributed by atoms with van der Waals surface area (Å²) in [6.07, 6.45) is 5.71. The quantitative estimate of drug-likeness (QED) is 0.740. The van der Waals surface area contributed by atoms with E-state index in [1.54, 1.807) is 0 Å². The van der Waals surface area contributed by atoms with Crippen molar-refractivity contribution in [1.29, 1.82) is 0 Å². The second kappa shape index (κ2) is 5.22. The first-order valence-electron chi connectivity index (χ1n) is 5.28.